The molecule has 18 heavy (non-hydrogen) atoms. The summed E-state index contributed by atoms with van der Waals surface area (Å²) in [5.74, 6) is -0.211. The van der Waals surface area contributed by atoms with E-state index in [0.29, 0.717) is 18.3 Å². The van der Waals surface area contributed by atoms with Crippen LogP contribution in [0.2, 0.25) is 0 Å². The van der Waals surface area contributed by atoms with Crippen LogP contribution in [0.25, 0.3) is 0 Å². The number of halogens is 1. The van der Waals surface area contributed by atoms with E-state index in [0.717, 1.165) is 12.0 Å². The third kappa shape index (κ3) is 2.12. The highest BCUT2D eigenvalue weighted by Gasteiger charge is 2.36. The van der Waals surface area contributed by atoms with Crippen LogP contribution in [0, 0.1) is 12.7 Å². The molecular weight excluding hydrogens is 231 g/mol. The van der Waals surface area contributed by atoms with Crippen LogP contribution >= 0.6 is 0 Å². The first kappa shape index (κ1) is 11.7. The monoisotopic (exact) mass is 248 g/mol. The fourth-order valence-electron chi connectivity index (χ4n) is 2.48. The van der Waals surface area contributed by atoms with Crippen molar-refractivity contribution in [2.24, 2.45) is 0 Å². The average molecular weight is 248 g/mol. The Kier molecular flexibility index (Phi) is 2.82. The number of rotatable bonds is 3. The summed E-state index contributed by atoms with van der Waals surface area (Å²) in [6.07, 6.45) is 3.15. The summed E-state index contributed by atoms with van der Waals surface area (Å²) in [7, 11) is 0. The van der Waals surface area contributed by atoms with Gasteiger partial charge in [0.25, 0.3) is 0 Å². The minimum absolute atomic E-state index is 0.0793. The van der Waals surface area contributed by atoms with Crippen LogP contribution in [-0.2, 0) is 4.79 Å². The number of hydrogen-bond donors (Lipinski definition) is 1. The summed E-state index contributed by atoms with van der Waals surface area (Å²) in [4.78, 5) is 14.0. The van der Waals surface area contributed by atoms with E-state index in [9.17, 15) is 9.18 Å². The lowest BCUT2D eigenvalue weighted by molar-refractivity contribution is -0.118. The van der Waals surface area contributed by atoms with E-state index in [2.05, 4.69) is 5.32 Å². The maximum absolute atomic E-state index is 13.3. The predicted molar refractivity (Wildman–Crippen MR) is 68.1 cm³/mol. The zero-order valence-electron chi connectivity index (χ0n) is 10.4. The van der Waals surface area contributed by atoms with Crippen LogP contribution < -0.4 is 10.2 Å². The molecule has 1 saturated carbocycles. The topological polar surface area (TPSA) is 32.3 Å². The Morgan fingerprint density at radius 3 is 2.83 bits per heavy atom. The number of hydrogen-bond acceptors (Lipinski definition) is 2. The minimum Gasteiger partial charge on any atom is -0.311 e. The Morgan fingerprint density at radius 2 is 2.11 bits per heavy atom. The molecule has 1 amide bonds. The van der Waals surface area contributed by atoms with Gasteiger partial charge in [-0.15, -0.1) is 0 Å². The van der Waals surface area contributed by atoms with Gasteiger partial charge in [-0.05, 0) is 43.9 Å². The molecular formula is C14H17FN2O. The highest BCUT2D eigenvalue weighted by atomic mass is 19.1. The molecule has 1 aliphatic heterocycles. The molecule has 1 atom stereocenters. The summed E-state index contributed by atoms with van der Waals surface area (Å²) in [5.41, 5.74) is 1.65. The Bertz CT molecular complexity index is 485. The van der Waals surface area contributed by atoms with Gasteiger partial charge in [0.05, 0.1) is 6.04 Å². The summed E-state index contributed by atoms with van der Waals surface area (Å²) in [6.45, 7) is 2.58. The number of nitrogens with zero attached hydrogens (tertiary/aromatic N) is 1. The SMILES string of the molecule is Cc1ccc(F)cc1N1CCC(NC2CC2)C1=O. The Morgan fingerprint density at radius 1 is 1.33 bits per heavy atom. The lowest BCUT2D eigenvalue weighted by atomic mass is 10.2. The van der Waals surface area contributed by atoms with Gasteiger partial charge in [-0.25, -0.2) is 4.39 Å². The number of amides is 1. The molecule has 1 heterocycles. The summed E-state index contributed by atoms with van der Waals surface area (Å²) in [5, 5.41) is 3.35. The van der Waals surface area contributed by atoms with E-state index in [-0.39, 0.29) is 17.8 Å². The van der Waals surface area contributed by atoms with Crippen LogP contribution in [-0.4, -0.2) is 24.5 Å². The fourth-order valence-corrected chi connectivity index (χ4v) is 2.48. The van der Waals surface area contributed by atoms with Crippen molar-refractivity contribution in [3.05, 3.63) is 29.6 Å². The molecule has 1 aliphatic carbocycles. The van der Waals surface area contributed by atoms with Gasteiger partial charge in [0.2, 0.25) is 5.91 Å². The molecule has 1 saturated heterocycles. The molecule has 1 N–H and O–H groups in total. The average Bonchev–Trinajstić information content (AvgIpc) is 3.09. The molecule has 1 aromatic rings. The fraction of sp³-hybridized carbons (Fsp3) is 0.500. The number of nitrogens with one attached hydrogen (secondary N) is 1. The van der Waals surface area contributed by atoms with Crippen molar-refractivity contribution < 1.29 is 9.18 Å². The standard InChI is InChI=1S/C14H17FN2O/c1-9-2-3-10(15)8-13(9)17-7-6-12(14(17)18)16-11-4-5-11/h2-3,8,11-12,16H,4-7H2,1H3. The maximum Gasteiger partial charge on any atom is 0.244 e. The Hall–Kier alpha value is -1.42. The van der Waals surface area contributed by atoms with Crippen molar-refractivity contribution in [2.75, 3.05) is 11.4 Å². The Balaban J connectivity index is 1.80. The smallest absolute Gasteiger partial charge is 0.244 e. The third-order valence-electron chi connectivity index (χ3n) is 3.68. The lowest BCUT2D eigenvalue weighted by Gasteiger charge is -2.19. The van der Waals surface area contributed by atoms with E-state index in [1.807, 2.05) is 6.92 Å². The molecule has 0 bridgehead atoms. The van der Waals surface area contributed by atoms with Gasteiger partial charge in [0.1, 0.15) is 5.82 Å². The van der Waals surface area contributed by atoms with Gasteiger partial charge >= 0.3 is 0 Å². The van der Waals surface area contributed by atoms with Crippen molar-refractivity contribution in [1.82, 2.24) is 5.32 Å². The lowest BCUT2D eigenvalue weighted by Crippen LogP contribution is -2.39. The number of carbonyl (C=O) groups is 1. The van der Waals surface area contributed by atoms with E-state index < -0.39 is 0 Å². The van der Waals surface area contributed by atoms with E-state index in [1.54, 1.807) is 11.0 Å². The molecule has 3 nitrogen and oxygen atoms in total. The van der Waals surface area contributed by atoms with E-state index in [1.165, 1.54) is 25.0 Å². The molecule has 0 aromatic heterocycles. The molecule has 4 heteroatoms. The van der Waals surface area contributed by atoms with Crippen LogP contribution in [0.1, 0.15) is 24.8 Å². The van der Waals surface area contributed by atoms with Crippen LogP contribution in [0.5, 0.6) is 0 Å². The molecule has 2 aliphatic rings. The molecule has 1 unspecified atom stereocenters. The van der Waals surface area contributed by atoms with Gasteiger partial charge in [0.15, 0.2) is 0 Å². The number of aryl methyl sites for hydroxylation is 1. The summed E-state index contributed by atoms with van der Waals surface area (Å²) >= 11 is 0. The normalized spacial score (nSPS) is 23.8. The van der Waals surface area contributed by atoms with Crippen molar-refractivity contribution in [1.29, 1.82) is 0 Å². The minimum atomic E-state index is -0.290. The highest BCUT2D eigenvalue weighted by molar-refractivity contribution is 6.00. The quantitative estimate of drug-likeness (QED) is 0.887. The highest BCUT2D eigenvalue weighted by Crippen LogP contribution is 2.28. The van der Waals surface area contributed by atoms with E-state index >= 15 is 0 Å². The van der Waals surface area contributed by atoms with Crippen molar-refractivity contribution in [2.45, 2.75) is 38.3 Å². The maximum atomic E-state index is 13.3. The van der Waals surface area contributed by atoms with Crippen molar-refractivity contribution in [3.8, 4) is 0 Å². The first-order chi connectivity index (χ1) is 8.65. The van der Waals surface area contributed by atoms with Gasteiger partial charge in [-0.2, -0.15) is 0 Å². The third-order valence-corrected chi connectivity index (χ3v) is 3.68. The zero-order chi connectivity index (χ0) is 12.7. The molecule has 2 fully saturated rings. The molecule has 0 spiro atoms. The number of anilines is 1. The second-order valence-electron chi connectivity index (χ2n) is 5.20. The number of carbonyl (C=O) groups excluding carboxylic acids is 1. The predicted octanol–water partition coefficient (Wildman–Crippen LogP) is 1.99. The van der Waals surface area contributed by atoms with Crippen LogP contribution in [0.15, 0.2) is 18.2 Å². The van der Waals surface area contributed by atoms with Crippen molar-refractivity contribution >= 4 is 11.6 Å². The van der Waals surface area contributed by atoms with Gasteiger partial charge in [-0.1, -0.05) is 6.07 Å². The summed E-state index contributed by atoms with van der Waals surface area (Å²) < 4.78 is 13.3. The first-order valence-corrected chi connectivity index (χ1v) is 6.49. The first-order valence-electron chi connectivity index (χ1n) is 6.49. The largest absolute Gasteiger partial charge is 0.311 e. The van der Waals surface area contributed by atoms with Crippen LogP contribution in [0.4, 0.5) is 10.1 Å². The van der Waals surface area contributed by atoms with Crippen molar-refractivity contribution in [3.63, 3.8) is 0 Å². The molecule has 1 aromatic carbocycles. The molecule has 0 radical (unpaired) electrons. The molecule has 96 valence electrons. The second-order valence-corrected chi connectivity index (χ2v) is 5.20. The summed E-state index contributed by atoms with van der Waals surface area (Å²) in [6, 6.07) is 5.04. The van der Waals surface area contributed by atoms with Gasteiger partial charge in [-0.3, -0.25) is 4.79 Å². The van der Waals surface area contributed by atoms with Crippen LogP contribution in [0.3, 0.4) is 0 Å². The second kappa shape index (κ2) is 4.35. The molecule has 3 rings (SSSR count). The number of benzene rings is 1. The van der Waals surface area contributed by atoms with Gasteiger partial charge < -0.3 is 10.2 Å². The Labute approximate surface area is 106 Å². The van der Waals surface area contributed by atoms with E-state index in [4.69, 9.17) is 0 Å². The van der Waals surface area contributed by atoms with Gasteiger partial charge in [0, 0.05) is 18.3 Å². The zero-order valence-corrected chi connectivity index (χ0v) is 10.4.